The summed E-state index contributed by atoms with van der Waals surface area (Å²) in [5.41, 5.74) is 21.3. The molecule has 2 aliphatic carbocycles. The van der Waals surface area contributed by atoms with Crippen LogP contribution in [0.2, 0.25) is 0 Å². The number of anilines is 6. The number of furan rings is 1. The van der Waals surface area contributed by atoms with Crippen LogP contribution in [-0.2, 0) is 21.7 Å². The Kier molecular flexibility index (Phi) is 10.2. The zero-order valence-electron chi connectivity index (χ0n) is 44.0. The van der Waals surface area contributed by atoms with Crippen LogP contribution in [0.1, 0.15) is 101 Å². The van der Waals surface area contributed by atoms with Crippen LogP contribution in [0.15, 0.2) is 217 Å². The fraction of sp³-hybridized carbons (Fsp3) is 0.183. The molecule has 0 saturated carbocycles. The van der Waals surface area contributed by atoms with Gasteiger partial charge in [-0.05, 0) is 149 Å². The van der Waals surface area contributed by atoms with Gasteiger partial charge in [0.2, 0.25) is 0 Å². The smallest absolute Gasteiger partial charge is 0.160 e. The van der Waals surface area contributed by atoms with E-state index < -0.39 is 5.41 Å². The highest BCUT2D eigenvalue weighted by molar-refractivity contribution is 6.24. The van der Waals surface area contributed by atoms with Crippen molar-refractivity contribution in [2.45, 2.75) is 84.0 Å². The first-order chi connectivity index (χ1) is 35.6. The van der Waals surface area contributed by atoms with Gasteiger partial charge >= 0.3 is 0 Å². The molecule has 1 heterocycles. The van der Waals surface area contributed by atoms with Crippen molar-refractivity contribution < 1.29 is 4.42 Å². The van der Waals surface area contributed by atoms with Gasteiger partial charge in [0, 0.05) is 33.5 Å². The lowest BCUT2D eigenvalue weighted by molar-refractivity contribution is 0.590. The monoisotopic (exact) mass is 958 g/mol. The zero-order chi connectivity index (χ0) is 50.9. The predicted octanol–water partition coefficient (Wildman–Crippen LogP) is 19.9. The van der Waals surface area contributed by atoms with Crippen LogP contribution in [-0.4, -0.2) is 0 Å². The van der Waals surface area contributed by atoms with Gasteiger partial charge in [-0.15, -0.1) is 0 Å². The number of para-hydroxylation sites is 2. The molecule has 3 nitrogen and oxygen atoms in total. The number of fused-ring (bicyclic) bond motifs is 16. The first kappa shape index (κ1) is 45.7. The van der Waals surface area contributed by atoms with Gasteiger partial charge in [0.1, 0.15) is 0 Å². The first-order valence-corrected chi connectivity index (χ1v) is 26.3. The van der Waals surface area contributed by atoms with Crippen molar-refractivity contribution in [2.75, 3.05) is 9.80 Å². The Morgan fingerprint density at radius 1 is 0.338 bits per heavy atom. The fourth-order valence-electron chi connectivity index (χ4n) is 12.4. The van der Waals surface area contributed by atoms with E-state index in [2.05, 4.69) is 284 Å². The summed E-state index contributed by atoms with van der Waals surface area (Å²) < 4.78 is 7.86. The van der Waals surface area contributed by atoms with Crippen molar-refractivity contribution in [2.24, 2.45) is 0 Å². The third-order valence-electron chi connectivity index (χ3n) is 16.1. The molecule has 74 heavy (non-hydrogen) atoms. The Balaban J connectivity index is 1.21. The lowest BCUT2D eigenvalue weighted by Gasteiger charge is -2.32. The molecule has 10 aromatic carbocycles. The van der Waals surface area contributed by atoms with Crippen LogP contribution >= 0.6 is 0 Å². The summed E-state index contributed by atoms with van der Waals surface area (Å²) in [5, 5.41) is 4.64. The van der Waals surface area contributed by atoms with Crippen molar-refractivity contribution in [3.05, 3.63) is 251 Å². The summed E-state index contributed by atoms with van der Waals surface area (Å²) >= 11 is 0. The minimum absolute atomic E-state index is 0.00973. The van der Waals surface area contributed by atoms with Crippen molar-refractivity contribution in [1.29, 1.82) is 0 Å². The van der Waals surface area contributed by atoms with E-state index in [0.717, 1.165) is 56.1 Å². The lowest BCUT2D eigenvalue weighted by atomic mass is 9.70. The van der Waals surface area contributed by atoms with Crippen molar-refractivity contribution >= 4 is 66.8 Å². The van der Waals surface area contributed by atoms with Gasteiger partial charge in [-0.3, -0.25) is 0 Å². The van der Waals surface area contributed by atoms with Crippen LogP contribution in [0.4, 0.5) is 34.1 Å². The summed E-state index contributed by atoms with van der Waals surface area (Å²) in [6, 6.07) is 79.6. The highest BCUT2D eigenvalue weighted by Gasteiger charge is 2.53. The maximum Gasteiger partial charge on any atom is 0.160 e. The summed E-state index contributed by atoms with van der Waals surface area (Å²) in [5.74, 6) is 0. The second-order valence-corrected chi connectivity index (χ2v) is 23.7. The van der Waals surface area contributed by atoms with E-state index in [-0.39, 0.29) is 16.2 Å². The van der Waals surface area contributed by atoms with Gasteiger partial charge in [0.25, 0.3) is 0 Å². The third kappa shape index (κ3) is 6.86. The Labute approximate surface area is 436 Å². The van der Waals surface area contributed by atoms with Gasteiger partial charge in [-0.1, -0.05) is 214 Å². The molecule has 1 spiro atoms. The van der Waals surface area contributed by atoms with Crippen molar-refractivity contribution in [1.82, 2.24) is 0 Å². The molecule has 1 aromatic heterocycles. The van der Waals surface area contributed by atoms with Crippen LogP contribution < -0.4 is 9.80 Å². The molecule has 0 fully saturated rings. The third-order valence-corrected chi connectivity index (χ3v) is 16.1. The average Bonchev–Trinajstić information content (AvgIpc) is 4.10. The first-order valence-electron chi connectivity index (χ1n) is 26.3. The Morgan fingerprint density at radius 2 is 0.797 bits per heavy atom. The van der Waals surface area contributed by atoms with Crippen LogP contribution in [0.25, 0.3) is 55.0 Å². The van der Waals surface area contributed by atoms with Gasteiger partial charge in [0.15, 0.2) is 11.2 Å². The Bertz CT molecular complexity index is 3880. The van der Waals surface area contributed by atoms with E-state index in [9.17, 15) is 0 Å². The molecule has 362 valence electrons. The lowest BCUT2D eigenvalue weighted by Crippen LogP contribution is -2.26. The van der Waals surface area contributed by atoms with E-state index in [1.54, 1.807) is 0 Å². The van der Waals surface area contributed by atoms with Gasteiger partial charge in [-0.25, -0.2) is 0 Å². The number of hydrogen-bond acceptors (Lipinski definition) is 3. The highest BCUT2D eigenvalue weighted by atomic mass is 16.3. The van der Waals surface area contributed by atoms with E-state index in [0.29, 0.717) is 0 Å². The molecule has 0 saturated heterocycles. The topological polar surface area (TPSA) is 19.6 Å². The van der Waals surface area contributed by atoms with E-state index in [1.807, 2.05) is 0 Å². The minimum Gasteiger partial charge on any atom is -0.452 e. The van der Waals surface area contributed by atoms with Crippen LogP contribution in [0.3, 0.4) is 0 Å². The highest BCUT2D eigenvalue weighted by Crippen LogP contribution is 2.67. The Morgan fingerprint density at radius 3 is 1.34 bits per heavy atom. The minimum atomic E-state index is -0.630. The molecule has 0 aliphatic heterocycles. The second kappa shape index (κ2) is 16.4. The van der Waals surface area contributed by atoms with Crippen molar-refractivity contribution in [3.8, 4) is 22.3 Å². The molecule has 0 atom stereocenters. The molecule has 11 aromatic rings. The SMILES string of the molecule is CC(C)(C)c1ccc(N(c2ccccc2)c2cccc3c2oc2c(N(c4ccc(C(C)(C)C)cc4)c4ccc(C(C)(C)C)cc4)cc4c(c23)-c2c(ccc3ccccc23)C42c3ccccc3-c3ccccc32)cc1. The molecule has 13 rings (SSSR count). The van der Waals surface area contributed by atoms with Gasteiger partial charge in [0.05, 0.1) is 16.8 Å². The molecule has 0 unspecified atom stereocenters. The zero-order valence-corrected chi connectivity index (χ0v) is 44.0. The molecular formula is C71H62N2O. The van der Waals surface area contributed by atoms with Gasteiger partial charge in [-0.2, -0.15) is 0 Å². The molecule has 0 N–H and O–H groups in total. The molecule has 3 heteroatoms. The molecule has 0 amide bonds. The number of nitrogens with zero attached hydrogens (tertiary/aromatic N) is 2. The van der Waals surface area contributed by atoms with Gasteiger partial charge < -0.3 is 14.2 Å². The molecular weight excluding hydrogens is 897 g/mol. The van der Waals surface area contributed by atoms with E-state index in [4.69, 9.17) is 4.42 Å². The quantitative estimate of drug-likeness (QED) is 0.166. The Hall–Kier alpha value is -8.14. The summed E-state index contributed by atoms with van der Waals surface area (Å²) in [4.78, 5) is 4.84. The normalized spacial score (nSPS) is 13.6. The molecule has 0 bridgehead atoms. The maximum atomic E-state index is 7.86. The fourth-order valence-corrected chi connectivity index (χ4v) is 12.4. The summed E-state index contributed by atoms with van der Waals surface area (Å²) in [7, 11) is 0. The largest absolute Gasteiger partial charge is 0.452 e. The molecule has 2 aliphatic rings. The van der Waals surface area contributed by atoms with E-state index >= 15 is 0 Å². The van der Waals surface area contributed by atoms with Crippen molar-refractivity contribution in [3.63, 3.8) is 0 Å². The number of hydrogen-bond donors (Lipinski definition) is 0. The summed E-state index contributed by atoms with van der Waals surface area (Å²) in [6.45, 7) is 20.6. The summed E-state index contributed by atoms with van der Waals surface area (Å²) in [6.07, 6.45) is 0. The van der Waals surface area contributed by atoms with E-state index in [1.165, 1.54) is 72.0 Å². The predicted molar refractivity (Wildman–Crippen MR) is 313 cm³/mol. The second-order valence-electron chi connectivity index (χ2n) is 23.7. The molecule has 0 radical (unpaired) electrons. The number of benzene rings is 10. The number of rotatable bonds is 6. The average molecular weight is 959 g/mol. The van der Waals surface area contributed by atoms with Crippen LogP contribution in [0, 0.1) is 0 Å². The van der Waals surface area contributed by atoms with Crippen LogP contribution in [0.5, 0.6) is 0 Å². The maximum absolute atomic E-state index is 7.86. The standard InChI is InChI=1S/C71H62N2O/c1-68(2,3)46-31-37-50(38-32-46)72(49-21-11-10-12-22-49)61-29-19-26-56-64-65-60(71(59-43-30-45-20-13-14-23-53(45)63(59)65)57-27-17-15-24-54(57)55-25-16-18-28-58(55)71)44-62(67(64)74-66(56)61)73(51-39-33-47(34-40-51)69(4,5)6)52-41-35-48(36-42-52)70(7,8)9/h10-44H,1-9H3.